The van der Waals surface area contributed by atoms with Crippen LogP contribution in [0.5, 0.6) is 5.75 Å². The summed E-state index contributed by atoms with van der Waals surface area (Å²) in [5.41, 5.74) is 0.462. The third kappa shape index (κ3) is 2.63. The zero-order chi connectivity index (χ0) is 15.5. The minimum atomic E-state index is -0.415. The molecule has 7 nitrogen and oxygen atoms in total. The summed E-state index contributed by atoms with van der Waals surface area (Å²) in [6.07, 6.45) is 1.30. The summed E-state index contributed by atoms with van der Waals surface area (Å²) in [5, 5.41) is 11.3. The van der Waals surface area contributed by atoms with E-state index in [4.69, 9.17) is 4.74 Å². The molecule has 1 aliphatic heterocycles. The molecule has 0 saturated heterocycles. The molecular formula is C14H16FN5O2. The fourth-order valence-electron chi connectivity index (χ4n) is 2.54. The summed E-state index contributed by atoms with van der Waals surface area (Å²) in [7, 11) is 1.42. The number of hydrogen-bond donors (Lipinski definition) is 0. The van der Waals surface area contributed by atoms with Crippen molar-refractivity contribution >= 4 is 11.9 Å². The predicted octanol–water partition coefficient (Wildman–Crippen LogP) is 1.19. The number of fused-ring (bicyclic) bond motifs is 1. The van der Waals surface area contributed by atoms with E-state index in [1.165, 1.54) is 7.11 Å². The molecule has 8 heteroatoms. The topological polar surface area (TPSA) is 73.1 Å². The van der Waals surface area contributed by atoms with Gasteiger partial charge >= 0.3 is 0 Å². The third-order valence-corrected chi connectivity index (χ3v) is 3.68. The highest BCUT2D eigenvalue weighted by Gasteiger charge is 2.25. The molecule has 0 saturated carbocycles. The Morgan fingerprint density at radius 1 is 1.41 bits per heavy atom. The molecule has 0 spiro atoms. The lowest BCUT2D eigenvalue weighted by Gasteiger charge is -2.25. The van der Waals surface area contributed by atoms with Crippen molar-refractivity contribution in [3.8, 4) is 5.75 Å². The van der Waals surface area contributed by atoms with E-state index in [-0.39, 0.29) is 18.1 Å². The van der Waals surface area contributed by atoms with Gasteiger partial charge in [0.1, 0.15) is 0 Å². The lowest BCUT2D eigenvalue weighted by Crippen LogP contribution is -2.38. The smallest absolute Gasteiger partial charge is 0.252 e. The van der Waals surface area contributed by atoms with Crippen LogP contribution in [0.2, 0.25) is 0 Å². The normalized spacial score (nSPS) is 13.8. The van der Waals surface area contributed by atoms with Crippen LogP contribution in [-0.4, -0.2) is 39.8 Å². The first-order chi connectivity index (χ1) is 10.7. The number of anilines is 1. The highest BCUT2D eigenvalue weighted by Crippen LogP contribution is 2.22. The number of amides is 1. The van der Waals surface area contributed by atoms with Crippen molar-refractivity contribution in [2.75, 3.05) is 18.6 Å². The molecule has 0 aliphatic carbocycles. The van der Waals surface area contributed by atoms with Crippen molar-refractivity contribution in [2.45, 2.75) is 25.8 Å². The number of carbonyl (C=O) groups is 1. The number of rotatable bonds is 4. The van der Waals surface area contributed by atoms with Gasteiger partial charge in [0, 0.05) is 19.5 Å². The van der Waals surface area contributed by atoms with Gasteiger partial charge in [-0.15, -0.1) is 0 Å². The van der Waals surface area contributed by atoms with Crippen LogP contribution in [0.3, 0.4) is 0 Å². The number of ether oxygens (including phenoxy) is 1. The van der Waals surface area contributed by atoms with Gasteiger partial charge in [-0.25, -0.2) is 9.07 Å². The van der Waals surface area contributed by atoms with Crippen LogP contribution in [0.4, 0.5) is 10.3 Å². The molecule has 22 heavy (non-hydrogen) atoms. The summed E-state index contributed by atoms with van der Waals surface area (Å²) in [6.45, 7) is 1.29. The van der Waals surface area contributed by atoms with Crippen molar-refractivity contribution in [1.82, 2.24) is 20.2 Å². The standard InChI is InChI=1S/C14H16FN5O2/c1-22-11-5-2-4-10(13(11)15)6-7-12(21)19-8-3-9-20-14(19)16-17-18-20/h2,4-5H,3,6-9H2,1H3. The fraction of sp³-hybridized carbons (Fsp3) is 0.429. The Bertz CT molecular complexity index is 688. The van der Waals surface area contributed by atoms with Crippen molar-refractivity contribution in [3.63, 3.8) is 0 Å². The Balaban J connectivity index is 1.69. The summed E-state index contributed by atoms with van der Waals surface area (Å²) in [4.78, 5) is 13.9. The van der Waals surface area contributed by atoms with E-state index in [1.807, 2.05) is 0 Å². The molecule has 0 N–H and O–H groups in total. The lowest BCUT2D eigenvalue weighted by molar-refractivity contribution is -0.118. The number of carbonyl (C=O) groups excluding carboxylic acids is 1. The molecule has 2 aromatic rings. The molecule has 3 rings (SSSR count). The molecule has 1 amide bonds. The van der Waals surface area contributed by atoms with E-state index in [0.717, 1.165) is 6.42 Å². The second-order valence-electron chi connectivity index (χ2n) is 5.03. The van der Waals surface area contributed by atoms with Crippen LogP contribution < -0.4 is 9.64 Å². The molecule has 0 unspecified atom stereocenters. The first-order valence-corrected chi connectivity index (χ1v) is 7.08. The zero-order valence-corrected chi connectivity index (χ0v) is 12.2. The zero-order valence-electron chi connectivity index (χ0n) is 12.2. The predicted molar refractivity (Wildman–Crippen MR) is 76.1 cm³/mol. The minimum absolute atomic E-state index is 0.113. The second kappa shape index (κ2) is 6.08. The third-order valence-electron chi connectivity index (χ3n) is 3.68. The van der Waals surface area contributed by atoms with Crippen molar-refractivity contribution in [2.24, 2.45) is 0 Å². The molecule has 116 valence electrons. The molecule has 2 heterocycles. The molecule has 1 aliphatic rings. The summed E-state index contributed by atoms with van der Waals surface area (Å²) in [6, 6.07) is 4.92. The molecule has 0 radical (unpaired) electrons. The van der Waals surface area contributed by atoms with Crippen LogP contribution in [-0.2, 0) is 17.8 Å². The van der Waals surface area contributed by atoms with E-state index >= 15 is 0 Å². The minimum Gasteiger partial charge on any atom is -0.494 e. The van der Waals surface area contributed by atoms with Gasteiger partial charge in [-0.2, -0.15) is 0 Å². The van der Waals surface area contributed by atoms with E-state index in [2.05, 4.69) is 15.5 Å². The van der Waals surface area contributed by atoms with E-state index < -0.39 is 5.82 Å². The van der Waals surface area contributed by atoms with Crippen LogP contribution in [0.15, 0.2) is 18.2 Å². The van der Waals surface area contributed by atoms with Gasteiger partial charge in [0.15, 0.2) is 11.6 Å². The van der Waals surface area contributed by atoms with E-state index in [0.29, 0.717) is 31.0 Å². The first kappa shape index (κ1) is 14.4. The van der Waals surface area contributed by atoms with Crippen molar-refractivity contribution < 1.29 is 13.9 Å². The number of hydrogen-bond acceptors (Lipinski definition) is 5. The molecular weight excluding hydrogens is 289 g/mol. The molecule has 0 fully saturated rings. The van der Waals surface area contributed by atoms with Gasteiger partial charge in [0.2, 0.25) is 5.91 Å². The molecule has 1 aromatic heterocycles. The largest absolute Gasteiger partial charge is 0.494 e. The fourth-order valence-corrected chi connectivity index (χ4v) is 2.54. The maximum absolute atomic E-state index is 14.1. The summed E-state index contributed by atoms with van der Waals surface area (Å²) in [5.74, 6) is 0.119. The van der Waals surface area contributed by atoms with Crippen molar-refractivity contribution in [3.05, 3.63) is 29.6 Å². The second-order valence-corrected chi connectivity index (χ2v) is 5.03. The Morgan fingerprint density at radius 2 is 2.27 bits per heavy atom. The number of tetrazole rings is 1. The van der Waals surface area contributed by atoms with Gasteiger partial charge in [0.05, 0.1) is 7.11 Å². The highest BCUT2D eigenvalue weighted by molar-refractivity contribution is 5.91. The van der Waals surface area contributed by atoms with Crippen molar-refractivity contribution in [1.29, 1.82) is 0 Å². The van der Waals surface area contributed by atoms with E-state index in [9.17, 15) is 9.18 Å². The average Bonchev–Trinajstić information content (AvgIpc) is 3.02. The SMILES string of the molecule is COc1cccc(CCC(=O)N2CCCn3nnnc32)c1F. The summed E-state index contributed by atoms with van der Waals surface area (Å²) >= 11 is 0. The van der Waals surface area contributed by atoms with Crippen LogP contribution in [0, 0.1) is 5.82 Å². The Labute approximate surface area is 126 Å². The lowest BCUT2D eigenvalue weighted by atomic mass is 10.1. The van der Waals surface area contributed by atoms with Crippen LogP contribution in [0.1, 0.15) is 18.4 Å². The quantitative estimate of drug-likeness (QED) is 0.848. The number of nitrogens with zero attached hydrogens (tertiary/aromatic N) is 5. The van der Waals surface area contributed by atoms with Gasteiger partial charge in [0.25, 0.3) is 5.95 Å². The first-order valence-electron chi connectivity index (χ1n) is 7.08. The molecule has 0 bridgehead atoms. The monoisotopic (exact) mass is 305 g/mol. The number of benzene rings is 1. The number of aromatic nitrogens is 4. The summed E-state index contributed by atoms with van der Waals surface area (Å²) < 4.78 is 20.6. The number of aryl methyl sites for hydroxylation is 2. The Kier molecular flexibility index (Phi) is 3.99. The van der Waals surface area contributed by atoms with Gasteiger partial charge in [-0.05, 0) is 34.9 Å². The van der Waals surface area contributed by atoms with Crippen LogP contribution >= 0.6 is 0 Å². The van der Waals surface area contributed by atoms with Crippen LogP contribution in [0.25, 0.3) is 0 Å². The van der Waals surface area contributed by atoms with E-state index in [1.54, 1.807) is 27.8 Å². The number of halogens is 1. The van der Waals surface area contributed by atoms with Gasteiger partial charge in [-0.3, -0.25) is 9.69 Å². The Hall–Kier alpha value is -2.51. The number of methoxy groups -OCH3 is 1. The Morgan fingerprint density at radius 3 is 3.09 bits per heavy atom. The maximum atomic E-state index is 14.1. The van der Waals surface area contributed by atoms with Gasteiger partial charge in [-0.1, -0.05) is 17.2 Å². The van der Waals surface area contributed by atoms with Gasteiger partial charge < -0.3 is 4.74 Å². The average molecular weight is 305 g/mol. The maximum Gasteiger partial charge on any atom is 0.252 e. The molecule has 0 atom stereocenters. The molecule has 1 aromatic carbocycles. The highest BCUT2D eigenvalue weighted by atomic mass is 19.1.